The zero-order chi connectivity index (χ0) is 29.3. The minimum Gasteiger partial charge on any atom is -0.445 e. The Labute approximate surface area is 243 Å². The smallest absolute Gasteiger partial charge is 0.407 e. The van der Waals surface area contributed by atoms with Crippen molar-refractivity contribution in [2.75, 3.05) is 19.5 Å². The molecule has 0 aliphatic rings. The van der Waals surface area contributed by atoms with E-state index in [-0.39, 0.29) is 30.2 Å². The van der Waals surface area contributed by atoms with E-state index in [1.807, 2.05) is 48.5 Å². The van der Waals surface area contributed by atoms with Crippen LogP contribution in [0.15, 0.2) is 73.8 Å². The predicted molar refractivity (Wildman–Crippen MR) is 161 cm³/mol. The molecule has 0 saturated heterocycles. The number of amides is 2. The van der Waals surface area contributed by atoms with E-state index in [1.165, 1.54) is 0 Å². The van der Waals surface area contributed by atoms with Crippen LogP contribution in [0, 0.1) is 5.92 Å². The lowest BCUT2D eigenvalue weighted by Gasteiger charge is -2.26. The molecular formula is C32H43ClN2O5. The molecule has 0 fully saturated rings. The summed E-state index contributed by atoms with van der Waals surface area (Å²) in [6, 6.07) is 14.6. The van der Waals surface area contributed by atoms with Crippen LogP contribution in [0.25, 0.3) is 0 Å². The monoisotopic (exact) mass is 570 g/mol. The number of hydrogen-bond acceptors (Lipinski definition) is 5. The van der Waals surface area contributed by atoms with E-state index >= 15 is 0 Å². The van der Waals surface area contributed by atoms with Crippen molar-refractivity contribution in [2.45, 2.75) is 63.9 Å². The van der Waals surface area contributed by atoms with Gasteiger partial charge in [0.15, 0.2) is 0 Å². The van der Waals surface area contributed by atoms with E-state index in [1.54, 1.807) is 19.3 Å². The number of ether oxygens (including phenoxy) is 2. The molecule has 0 spiro atoms. The molecule has 40 heavy (non-hydrogen) atoms. The molecule has 8 heteroatoms. The Kier molecular flexibility index (Phi) is 15.1. The fraction of sp³-hybridized carbons (Fsp3) is 0.438. The van der Waals surface area contributed by atoms with Crippen molar-refractivity contribution in [1.29, 1.82) is 0 Å². The molecule has 2 aromatic rings. The Morgan fingerprint density at radius 2 is 1.82 bits per heavy atom. The molecule has 218 valence electrons. The molecular weight excluding hydrogens is 528 g/mol. The van der Waals surface area contributed by atoms with E-state index in [2.05, 4.69) is 30.7 Å². The lowest BCUT2D eigenvalue weighted by Crippen LogP contribution is -2.45. The topological polar surface area (TPSA) is 96.9 Å². The Bertz CT molecular complexity index is 1080. The van der Waals surface area contributed by atoms with Gasteiger partial charge in [-0.25, -0.2) is 4.79 Å². The molecule has 0 bridgehead atoms. The Hall–Kier alpha value is -3.13. The molecule has 2 amide bonds. The average Bonchev–Trinajstić information content (AvgIpc) is 2.96. The van der Waals surface area contributed by atoms with Crippen LogP contribution >= 0.6 is 11.6 Å². The fourth-order valence-corrected chi connectivity index (χ4v) is 4.68. The number of aliphatic hydroxyl groups excluding tert-OH is 1. The molecule has 2 rings (SSSR count). The van der Waals surface area contributed by atoms with Crippen molar-refractivity contribution in [1.82, 2.24) is 10.6 Å². The number of benzene rings is 2. The van der Waals surface area contributed by atoms with Gasteiger partial charge in [0, 0.05) is 25.1 Å². The summed E-state index contributed by atoms with van der Waals surface area (Å²) in [5.74, 6) is -0.128. The van der Waals surface area contributed by atoms with Crippen LogP contribution in [0.1, 0.15) is 65.6 Å². The maximum atomic E-state index is 13.4. The summed E-state index contributed by atoms with van der Waals surface area (Å²) in [6.07, 6.45) is 5.24. The number of methoxy groups -OCH3 is 1. The van der Waals surface area contributed by atoms with E-state index in [4.69, 9.17) is 21.1 Å². The molecule has 0 aromatic heterocycles. The average molecular weight is 571 g/mol. The van der Waals surface area contributed by atoms with Gasteiger partial charge in [0.1, 0.15) is 6.61 Å². The van der Waals surface area contributed by atoms with E-state index in [0.717, 1.165) is 29.5 Å². The second-order valence-electron chi connectivity index (χ2n) is 10.0. The summed E-state index contributed by atoms with van der Waals surface area (Å²) in [5, 5.41) is 16.3. The van der Waals surface area contributed by atoms with Gasteiger partial charge in [-0.1, -0.05) is 55.5 Å². The third kappa shape index (κ3) is 11.5. The first-order valence-corrected chi connectivity index (χ1v) is 14.2. The predicted octanol–water partition coefficient (Wildman–Crippen LogP) is 6.11. The van der Waals surface area contributed by atoms with Crippen LogP contribution in [0.2, 0.25) is 0 Å². The highest BCUT2D eigenvalue weighted by Gasteiger charge is 2.24. The number of rotatable bonds is 18. The summed E-state index contributed by atoms with van der Waals surface area (Å²) in [4.78, 5) is 25.5. The van der Waals surface area contributed by atoms with Crippen LogP contribution in [0.3, 0.4) is 0 Å². The summed E-state index contributed by atoms with van der Waals surface area (Å²) >= 11 is 5.95. The van der Waals surface area contributed by atoms with Crippen LogP contribution in [-0.4, -0.2) is 48.8 Å². The molecule has 0 aliphatic heterocycles. The molecule has 3 N–H and O–H groups in total. The molecule has 4 atom stereocenters. The lowest BCUT2D eigenvalue weighted by atomic mass is 9.91. The SMILES string of the molecule is C=CCC[C@@H](C)C[C@H](NC(=O)c1cc(COC)cc(C(C=C)CCNC(=O)OCc2ccccc2)c1)[C@H](O)CCl. The van der Waals surface area contributed by atoms with E-state index < -0.39 is 18.2 Å². The number of carbonyl (C=O) groups excluding carboxylic acids is 2. The van der Waals surface area contributed by atoms with Crippen LogP contribution in [0.5, 0.6) is 0 Å². The Morgan fingerprint density at radius 3 is 2.48 bits per heavy atom. The maximum Gasteiger partial charge on any atom is 0.407 e. The molecule has 0 saturated carbocycles. The first-order chi connectivity index (χ1) is 19.3. The molecule has 7 nitrogen and oxygen atoms in total. The van der Waals surface area contributed by atoms with Crippen molar-refractivity contribution in [3.63, 3.8) is 0 Å². The molecule has 1 unspecified atom stereocenters. The third-order valence-electron chi connectivity index (χ3n) is 6.70. The number of halogens is 1. The normalized spacial score (nSPS) is 13.9. The molecule has 2 aromatic carbocycles. The second kappa shape index (κ2) is 18.3. The number of alkyl carbamates (subject to hydrolysis) is 1. The van der Waals surface area contributed by atoms with Gasteiger partial charge >= 0.3 is 6.09 Å². The number of aliphatic hydroxyl groups is 1. The van der Waals surface area contributed by atoms with E-state index in [9.17, 15) is 14.7 Å². The first kappa shape index (κ1) is 33.1. The highest BCUT2D eigenvalue weighted by atomic mass is 35.5. The quantitative estimate of drug-likeness (QED) is 0.148. The summed E-state index contributed by atoms with van der Waals surface area (Å²) < 4.78 is 10.6. The first-order valence-electron chi connectivity index (χ1n) is 13.7. The molecule has 0 radical (unpaired) electrons. The zero-order valence-electron chi connectivity index (χ0n) is 23.6. The molecule has 0 aliphatic carbocycles. The number of alkyl halides is 1. The minimum absolute atomic E-state index is 0.0212. The summed E-state index contributed by atoms with van der Waals surface area (Å²) in [7, 11) is 1.60. The van der Waals surface area contributed by atoms with Gasteiger partial charge in [0.05, 0.1) is 24.6 Å². The largest absolute Gasteiger partial charge is 0.445 e. The van der Waals surface area contributed by atoms with Crippen molar-refractivity contribution < 1.29 is 24.2 Å². The maximum absolute atomic E-state index is 13.4. The third-order valence-corrected chi connectivity index (χ3v) is 7.01. The van der Waals surface area contributed by atoms with Gasteiger partial charge in [-0.2, -0.15) is 0 Å². The van der Waals surface area contributed by atoms with Crippen LogP contribution in [0.4, 0.5) is 4.79 Å². The number of carbonyl (C=O) groups is 2. The van der Waals surface area contributed by atoms with Gasteiger partial charge in [-0.05, 0) is 60.4 Å². The van der Waals surface area contributed by atoms with Gasteiger partial charge in [0.2, 0.25) is 0 Å². The molecule has 0 heterocycles. The van der Waals surface area contributed by atoms with Crippen molar-refractivity contribution in [3.05, 3.63) is 96.1 Å². The van der Waals surface area contributed by atoms with Crippen LogP contribution in [-0.2, 0) is 22.7 Å². The second-order valence-corrected chi connectivity index (χ2v) is 10.3. The number of hydrogen-bond donors (Lipinski definition) is 3. The lowest BCUT2D eigenvalue weighted by molar-refractivity contribution is 0.0836. The van der Waals surface area contributed by atoms with Crippen LogP contribution < -0.4 is 10.6 Å². The standard InChI is InChI=1S/C32H43ClN2O5/c1-5-7-11-23(3)16-29(30(36)20-33)35-31(37)28-18-25(21-39-4)17-27(19-28)26(6-2)14-15-34-32(38)40-22-24-12-9-8-10-13-24/h5-6,8-10,12-13,17-19,23,26,29-30,36H,1-2,7,11,14-16,20-22H2,3-4H3,(H,34,38)(H,35,37)/t23-,26?,29+,30-/m1/s1. The highest BCUT2D eigenvalue weighted by Crippen LogP contribution is 2.25. The van der Waals surface area contributed by atoms with Crippen molar-refractivity contribution in [2.24, 2.45) is 5.92 Å². The zero-order valence-corrected chi connectivity index (χ0v) is 24.4. The summed E-state index contributed by atoms with van der Waals surface area (Å²) in [6.45, 7) is 10.7. The van der Waals surface area contributed by atoms with Gasteiger partial charge in [-0.3, -0.25) is 4.79 Å². The van der Waals surface area contributed by atoms with Gasteiger partial charge in [0.25, 0.3) is 5.91 Å². The Morgan fingerprint density at radius 1 is 1.07 bits per heavy atom. The van der Waals surface area contributed by atoms with E-state index in [0.29, 0.717) is 31.6 Å². The Balaban J connectivity index is 2.09. The number of allylic oxidation sites excluding steroid dienone is 2. The minimum atomic E-state index is -0.868. The van der Waals surface area contributed by atoms with Crippen molar-refractivity contribution >= 4 is 23.6 Å². The summed E-state index contributed by atoms with van der Waals surface area (Å²) in [5.41, 5.74) is 3.08. The highest BCUT2D eigenvalue weighted by molar-refractivity contribution is 6.18. The van der Waals surface area contributed by atoms with Crippen molar-refractivity contribution in [3.8, 4) is 0 Å². The van der Waals surface area contributed by atoms with Gasteiger partial charge in [-0.15, -0.1) is 24.8 Å². The number of nitrogens with one attached hydrogen (secondary N) is 2. The van der Waals surface area contributed by atoms with Gasteiger partial charge < -0.3 is 25.2 Å². The fourth-order valence-electron chi connectivity index (χ4n) is 4.46.